The van der Waals surface area contributed by atoms with Crippen LogP contribution in [0.4, 0.5) is 0 Å². The van der Waals surface area contributed by atoms with Gasteiger partial charge in [-0.05, 0) is 48.5 Å². The average molecular weight is 518 g/mol. The highest BCUT2D eigenvalue weighted by Crippen LogP contribution is 2.25. The minimum Gasteiger partial charge on any atom is -0.488 e. The second-order valence-electron chi connectivity index (χ2n) is 6.55. The molecule has 0 unspecified atom stereocenters. The highest BCUT2D eigenvalue weighted by molar-refractivity contribution is 9.10. The van der Waals surface area contributed by atoms with Gasteiger partial charge in [0.15, 0.2) is 5.76 Å². The predicted molar refractivity (Wildman–Crippen MR) is 126 cm³/mol. The molecular formula is C23H15BrCl2N2O3. The Labute approximate surface area is 196 Å². The number of carbonyl (C=O) groups excluding carboxylic acids is 1. The van der Waals surface area contributed by atoms with Crippen molar-refractivity contribution in [3.05, 3.63) is 98.1 Å². The van der Waals surface area contributed by atoms with Gasteiger partial charge in [0.2, 0.25) is 0 Å². The van der Waals surface area contributed by atoms with E-state index >= 15 is 0 Å². The van der Waals surface area contributed by atoms with Gasteiger partial charge in [-0.15, -0.1) is 0 Å². The van der Waals surface area contributed by atoms with Gasteiger partial charge in [0.1, 0.15) is 17.9 Å². The van der Waals surface area contributed by atoms with Crippen LogP contribution in [0.1, 0.15) is 21.7 Å². The van der Waals surface area contributed by atoms with E-state index < -0.39 is 5.91 Å². The summed E-state index contributed by atoms with van der Waals surface area (Å²) < 4.78 is 12.4. The Balaban J connectivity index is 1.43. The van der Waals surface area contributed by atoms with Gasteiger partial charge >= 0.3 is 5.91 Å². The molecule has 1 heterocycles. The summed E-state index contributed by atoms with van der Waals surface area (Å²) in [6, 6.07) is 19.7. The van der Waals surface area contributed by atoms with Crippen molar-refractivity contribution in [1.82, 2.24) is 5.43 Å². The number of hydrogen-bond acceptors (Lipinski definition) is 4. The fraction of sp³-hybridized carbons (Fsp3) is 0.0435. The van der Waals surface area contributed by atoms with Gasteiger partial charge in [-0.2, -0.15) is 5.10 Å². The number of halogens is 3. The first-order chi connectivity index (χ1) is 15.0. The Bertz CT molecular complexity index is 1290. The molecule has 31 heavy (non-hydrogen) atoms. The highest BCUT2D eigenvalue weighted by atomic mass is 79.9. The monoisotopic (exact) mass is 516 g/mol. The van der Waals surface area contributed by atoms with Crippen molar-refractivity contribution in [3.8, 4) is 5.75 Å². The quantitative estimate of drug-likeness (QED) is 0.225. The van der Waals surface area contributed by atoms with Crippen molar-refractivity contribution < 1.29 is 13.9 Å². The minimum absolute atomic E-state index is 0.173. The number of rotatable bonds is 6. The normalized spacial score (nSPS) is 11.2. The van der Waals surface area contributed by atoms with E-state index in [1.54, 1.807) is 24.3 Å². The lowest BCUT2D eigenvalue weighted by Gasteiger charge is -2.10. The average Bonchev–Trinajstić information content (AvgIpc) is 3.17. The molecule has 0 saturated carbocycles. The molecule has 0 aliphatic rings. The molecule has 5 nitrogen and oxygen atoms in total. The standard InChI is InChI=1S/C23H15BrCl2N2O3/c24-17-6-8-21-16(9-17)10-22(31-21)23(29)28-27-12-14-3-1-2-4-20(14)30-13-15-5-7-18(25)11-19(15)26/h1-12H,13H2,(H,28,29)/b27-12+. The number of hydrazone groups is 1. The lowest BCUT2D eigenvalue weighted by atomic mass is 10.2. The highest BCUT2D eigenvalue weighted by Gasteiger charge is 2.12. The van der Waals surface area contributed by atoms with Crippen LogP contribution in [0.25, 0.3) is 11.0 Å². The topological polar surface area (TPSA) is 63.8 Å². The Hall–Kier alpha value is -2.80. The molecule has 4 rings (SSSR count). The molecule has 1 N–H and O–H groups in total. The number of furan rings is 1. The van der Waals surface area contributed by atoms with Crippen LogP contribution in [0, 0.1) is 0 Å². The number of hydrogen-bond donors (Lipinski definition) is 1. The number of nitrogens with zero attached hydrogens (tertiary/aromatic N) is 1. The number of para-hydroxylation sites is 1. The van der Waals surface area contributed by atoms with E-state index in [1.807, 2.05) is 42.5 Å². The van der Waals surface area contributed by atoms with Crippen molar-refractivity contribution in [1.29, 1.82) is 0 Å². The maximum atomic E-state index is 12.4. The van der Waals surface area contributed by atoms with E-state index in [-0.39, 0.29) is 12.4 Å². The zero-order valence-corrected chi connectivity index (χ0v) is 19.0. The van der Waals surface area contributed by atoms with E-state index in [4.69, 9.17) is 32.4 Å². The number of benzene rings is 3. The van der Waals surface area contributed by atoms with Crippen molar-refractivity contribution in [2.24, 2.45) is 5.10 Å². The minimum atomic E-state index is -0.449. The van der Waals surface area contributed by atoms with Crippen LogP contribution >= 0.6 is 39.1 Å². The largest absolute Gasteiger partial charge is 0.488 e. The molecule has 4 aromatic rings. The summed E-state index contributed by atoms with van der Waals surface area (Å²) >= 11 is 15.5. The van der Waals surface area contributed by atoms with Crippen molar-refractivity contribution in [2.75, 3.05) is 0 Å². The molecule has 8 heteroatoms. The fourth-order valence-corrected chi connectivity index (χ4v) is 3.70. The van der Waals surface area contributed by atoms with Crippen LogP contribution in [0.5, 0.6) is 5.75 Å². The molecule has 1 amide bonds. The Kier molecular flexibility index (Phi) is 6.61. The summed E-state index contributed by atoms with van der Waals surface area (Å²) in [5.74, 6) is 0.321. The Morgan fingerprint density at radius 3 is 2.77 bits per heavy atom. The molecule has 156 valence electrons. The predicted octanol–water partition coefficient (Wildman–Crippen LogP) is 6.85. The van der Waals surface area contributed by atoms with Gasteiger partial charge in [-0.25, -0.2) is 5.43 Å². The van der Waals surface area contributed by atoms with Crippen molar-refractivity contribution >= 4 is 62.2 Å². The van der Waals surface area contributed by atoms with Gasteiger partial charge in [-0.3, -0.25) is 4.79 Å². The van der Waals surface area contributed by atoms with Gasteiger partial charge in [0.05, 0.1) is 6.21 Å². The van der Waals surface area contributed by atoms with Crippen LogP contribution in [-0.2, 0) is 6.61 Å². The van der Waals surface area contributed by atoms with Crippen molar-refractivity contribution in [3.63, 3.8) is 0 Å². The lowest BCUT2D eigenvalue weighted by Crippen LogP contribution is -2.16. The first-order valence-electron chi connectivity index (χ1n) is 9.18. The van der Waals surface area contributed by atoms with E-state index in [0.717, 1.165) is 15.4 Å². The number of ether oxygens (including phenoxy) is 1. The maximum Gasteiger partial charge on any atom is 0.307 e. The molecule has 0 saturated heterocycles. The molecule has 0 spiro atoms. The smallest absolute Gasteiger partial charge is 0.307 e. The third-order valence-electron chi connectivity index (χ3n) is 4.39. The van der Waals surface area contributed by atoms with Crippen LogP contribution in [-0.4, -0.2) is 12.1 Å². The third-order valence-corrected chi connectivity index (χ3v) is 5.47. The molecule has 1 aromatic heterocycles. The van der Waals surface area contributed by atoms with E-state index in [2.05, 4.69) is 26.5 Å². The summed E-state index contributed by atoms with van der Waals surface area (Å²) in [7, 11) is 0. The molecule has 3 aromatic carbocycles. The van der Waals surface area contributed by atoms with Crippen LogP contribution in [0.15, 0.2) is 80.7 Å². The molecule has 0 radical (unpaired) electrons. The number of amides is 1. The third kappa shape index (κ3) is 5.28. The van der Waals surface area contributed by atoms with Gasteiger partial charge < -0.3 is 9.15 Å². The lowest BCUT2D eigenvalue weighted by molar-refractivity contribution is 0.0929. The summed E-state index contributed by atoms with van der Waals surface area (Å²) in [6.45, 7) is 0.266. The van der Waals surface area contributed by atoms with Crippen molar-refractivity contribution in [2.45, 2.75) is 6.61 Å². The summed E-state index contributed by atoms with van der Waals surface area (Å²) in [6.07, 6.45) is 1.51. The second-order valence-corrected chi connectivity index (χ2v) is 8.31. The summed E-state index contributed by atoms with van der Waals surface area (Å²) in [4.78, 5) is 12.4. The Morgan fingerprint density at radius 1 is 1.10 bits per heavy atom. The van der Waals surface area contributed by atoms with Crippen LogP contribution in [0.2, 0.25) is 10.0 Å². The van der Waals surface area contributed by atoms with E-state index in [9.17, 15) is 4.79 Å². The first-order valence-corrected chi connectivity index (χ1v) is 10.7. The van der Waals surface area contributed by atoms with Gasteiger partial charge in [-0.1, -0.05) is 57.3 Å². The van der Waals surface area contributed by atoms with Gasteiger partial charge in [0, 0.05) is 31.0 Å². The number of carbonyl (C=O) groups is 1. The van der Waals surface area contributed by atoms with E-state index in [1.165, 1.54) is 6.21 Å². The zero-order valence-electron chi connectivity index (χ0n) is 15.9. The number of nitrogens with one attached hydrogen (secondary N) is 1. The summed E-state index contributed by atoms with van der Waals surface area (Å²) in [5, 5.41) is 5.95. The molecule has 0 aliphatic carbocycles. The SMILES string of the molecule is O=C(N/N=C/c1ccccc1OCc1ccc(Cl)cc1Cl)c1cc2cc(Br)ccc2o1. The molecule has 0 bridgehead atoms. The van der Waals surface area contributed by atoms with Crippen LogP contribution < -0.4 is 10.2 Å². The number of fused-ring (bicyclic) bond motifs is 1. The molecule has 0 atom stereocenters. The summed E-state index contributed by atoms with van der Waals surface area (Å²) in [5.41, 5.74) is 4.60. The fourth-order valence-electron chi connectivity index (χ4n) is 2.85. The first kappa shape index (κ1) is 21.4. The van der Waals surface area contributed by atoms with E-state index in [0.29, 0.717) is 26.9 Å². The molecule has 0 aliphatic heterocycles. The molecular weight excluding hydrogens is 503 g/mol. The van der Waals surface area contributed by atoms with Crippen LogP contribution in [0.3, 0.4) is 0 Å². The Morgan fingerprint density at radius 2 is 1.94 bits per heavy atom. The maximum absolute atomic E-state index is 12.4. The zero-order chi connectivity index (χ0) is 21.8. The van der Waals surface area contributed by atoms with Gasteiger partial charge in [0.25, 0.3) is 0 Å². The molecule has 0 fully saturated rings. The second kappa shape index (κ2) is 9.56.